The van der Waals surface area contributed by atoms with Crippen molar-refractivity contribution >= 4 is 0 Å². The second-order valence-corrected chi connectivity index (χ2v) is 5.52. The summed E-state index contributed by atoms with van der Waals surface area (Å²) >= 11 is 0. The molecule has 0 spiro atoms. The fourth-order valence-electron chi connectivity index (χ4n) is 2.27. The van der Waals surface area contributed by atoms with Gasteiger partial charge in [-0.3, -0.25) is 0 Å². The van der Waals surface area contributed by atoms with Crippen molar-refractivity contribution in [3.63, 3.8) is 0 Å². The van der Waals surface area contributed by atoms with E-state index >= 15 is 0 Å². The fourth-order valence-corrected chi connectivity index (χ4v) is 2.27. The van der Waals surface area contributed by atoms with E-state index in [1.54, 1.807) is 0 Å². The Morgan fingerprint density at radius 1 is 1.11 bits per heavy atom. The second kappa shape index (κ2) is 6.91. The third-order valence-electron chi connectivity index (χ3n) is 4.02. The average molecular weight is 248 g/mol. The Kier molecular flexibility index (Phi) is 5.83. The fraction of sp³-hybridized carbons (Fsp3) is 0.625. The summed E-state index contributed by atoms with van der Waals surface area (Å²) in [7, 11) is 2.19. The number of likely N-dealkylation sites (N-methyl/N-ethyl adjacent to an activating group) is 1. The maximum Gasteiger partial charge on any atom is 0.00760 e. The molecule has 1 aromatic rings. The van der Waals surface area contributed by atoms with E-state index in [9.17, 15) is 0 Å². The first-order valence-corrected chi connectivity index (χ1v) is 6.92. The lowest BCUT2D eigenvalue weighted by molar-refractivity contribution is 0.251. The first kappa shape index (κ1) is 15.2. The van der Waals surface area contributed by atoms with Crippen LogP contribution in [-0.2, 0) is 6.42 Å². The zero-order chi connectivity index (χ0) is 13.7. The number of nitrogens with zero attached hydrogens (tertiary/aromatic N) is 1. The Labute approximate surface area is 112 Å². The number of aryl methyl sites for hydroxylation is 3. The highest BCUT2D eigenvalue weighted by Crippen LogP contribution is 2.16. The Morgan fingerprint density at radius 2 is 1.72 bits per heavy atom. The van der Waals surface area contributed by atoms with Crippen LogP contribution in [0.5, 0.6) is 0 Å². The van der Waals surface area contributed by atoms with Crippen LogP contribution in [0, 0.1) is 20.8 Å². The summed E-state index contributed by atoms with van der Waals surface area (Å²) in [5, 5.41) is 0. The van der Waals surface area contributed by atoms with Gasteiger partial charge in [-0.05, 0) is 76.4 Å². The summed E-state index contributed by atoms with van der Waals surface area (Å²) in [5.41, 5.74) is 11.3. The van der Waals surface area contributed by atoms with Gasteiger partial charge >= 0.3 is 0 Å². The van der Waals surface area contributed by atoms with Gasteiger partial charge in [-0.25, -0.2) is 0 Å². The zero-order valence-corrected chi connectivity index (χ0v) is 12.6. The standard InChI is InChI=1S/C16H28N2/c1-12-10-14(3)16(11-13(12)2)7-9-18(5)15(4)6-8-17/h10-11,15H,6-9,17H2,1-5H3. The Hall–Kier alpha value is -0.860. The van der Waals surface area contributed by atoms with Crippen LogP contribution in [0.25, 0.3) is 0 Å². The molecule has 0 saturated heterocycles. The summed E-state index contributed by atoms with van der Waals surface area (Å²) < 4.78 is 0. The van der Waals surface area contributed by atoms with Crippen molar-refractivity contribution in [1.29, 1.82) is 0 Å². The molecule has 0 fully saturated rings. The SMILES string of the molecule is Cc1cc(C)c(CCN(C)C(C)CCN)cc1C. The van der Waals surface area contributed by atoms with Crippen molar-refractivity contribution < 1.29 is 0 Å². The predicted octanol–water partition coefficient (Wildman–Crippen LogP) is 2.82. The molecule has 18 heavy (non-hydrogen) atoms. The molecule has 0 radical (unpaired) electrons. The maximum absolute atomic E-state index is 5.61. The third kappa shape index (κ3) is 4.11. The minimum Gasteiger partial charge on any atom is -0.330 e. The van der Waals surface area contributed by atoms with Gasteiger partial charge < -0.3 is 10.6 Å². The molecule has 1 atom stereocenters. The molecule has 0 aliphatic rings. The molecule has 0 bridgehead atoms. The molecular weight excluding hydrogens is 220 g/mol. The molecular formula is C16H28N2. The first-order chi connectivity index (χ1) is 8.45. The van der Waals surface area contributed by atoms with Crippen LogP contribution in [0.3, 0.4) is 0 Å². The Balaban J connectivity index is 2.61. The number of hydrogen-bond acceptors (Lipinski definition) is 2. The van der Waals surface area contributed by atoms with Crippen molar-refractivity contribution in [3.05, 3.63) is 34.4 Å². The highest BCUT2D eigenvalue weighted by Gasteiger charge is 2.09. The van der Waals surface area contributed by atoms with Gasteiger partial charge in [0.25, 0.3) is 0 Å². The van der Waals surface area contributed by atoms with E-state index in [-0.39, 0.29) is 0 Å². The van der Waals surface area contributed by atoms with Crippen molar-refractivity contribution in [1.82, 2.24) is 4.90 Å². The number of nitrogens with two attached hydrogens (primary N) is 1. The molecule has 2 N–H and O–H groups in total. The molecule has 0 amide bonds. The molecule has 102 valence electrons. The summed E-state index contributed by atoms with van der Waals surface area (Å²) in [4.78, 5) is 2.40. The minimum atomic E-state index is 0.571. The number of hydrogen-bond donors (Lipinski definition) is 1. The van der Waals surface area contributed by atoms with Crippen molar-refractivity contribution in [2.45, 2.75) is 46.6 Å². The maximum atomic E-state index is 5.61. The van der Waals surface area contributed by atoms with E-state index in [2.05, 4.69) is 51.8 Å². The number of benzene rings is 1. The van der Waals surface area contributed by atoms with Gasteiger partial charge in [0.15, 0.2) is 0 Å². The number of rotatable bonds is 6. The smallest absolute Gasteiger partial charge is 0.00760 e. The molecule has 0 heterocycles. The lowest BCUT2D eigenvalue weighted by Crippen LogP contribution is -2.32. The van der Waals surface area contributed by atoms with Crippen LogP contribution >= 0.6 is 0 Å². The lowest BCUT2D eigenvalue weighted by atomic mass is 9.98. The van der Waals surface area contributed by atoms with Gasteiger partial charge in [0, 0.05) is 12.6 Å². The van der Waals surface area contributed by atoms with Gasteiger partial charge in [0.05, 0.1) is 0 Å². The molecule has 1 rings (SSSR count). The molecule has 1 unspecified atom stereocenters. The quantitative estimate of drug-likeness (QED) is 0.839. The highest BCUT2D eigenvalue weighted by molar-refractivity contribution is 5.36. The van der Waals surface area contributed by atoms with Gasteiger partial charge in [-0.15, -0.1) is 0 Å². The van der Waals surface area contributed by atoms with Gasteiger partial charge in [0.1, 0.15) is 0 Å². The molecule has 2 nitrogen and oxygen atoms in total. The van der Waals surface area contributed by atoms with Crippen LogP contribution in [0.1, 0.15) is 35.6 Å². The van der Waals surface area contributed by atoms with E-state index in [1.807, 2.05) is 0 Å². The molecule has 2 heteroatoms. The average Bonchev–Trinajstić information content (AvgIpc) is 2.32. The van der Waals surface area contributed by atoms with Crippen LogP contribution in [0.2, 0.25) is 0 Å². The van der Waals surface area contributed by atoms with E-state index in [0.717, 1.165) is 25.9 Å². The van der Waals surface area contributed by atoms with Crippen LogP contribution < -0.4 is 5.73 Å². The van der Waals surface area contributed by atoms with Crippen LogP contribution in [0.4, 0.5) is 0 Å². The Morgan fingerprint density at radius 3 is 2.33 bits per heavy atom. The molecule has 0 aliphatic heterocycles. The van der Waals surface area contributed by atoms with E-state index in [4.69, 9.17) is 5.73 Å². The zero-order valence-electron chi connectivity index (χ0n) is 12.6. The van der Waals surface area contributed by atoms with E-state index in [0.29, 0.717) is 6.04 Å². The van der Waals surface area contributed by atoms with Gasteiger partial charge in [-0.1, -0.05) is 12.1 Å². The molecule has 0 aromatic heterocycles. The molecule has 1 aromatic carbocycles. The minimum absolute atomic E-state index is 0.571. The van der Waals surface area contributed by atoms with Gasteiger partial charge in [0.2, 0.25) is 0 Å². The monoisotopic (exact) mass is 248 g/mol. The first-order valence-electron chi connectivity index (χ1n) is 6.92. The second-order valence-electron chi connectivity index (χ2n) is 5.52. The highest BCUT2D eigenvalue weighted by atomic mass is 15.1. The largest absolute Gasteiger partial charge is 0.330 e. The van der Waals surface area contributed by atoms with E-state index in [1.165, 1.54) is 22.3 Å². The van der Waals surface area contributed by atoms with Crippen molar-refractivity contribution in [3.8, 4) is 0 Å². The normalized spacial score (nSPS) is 13.1. The molecule has 0 aliphatic carbocycles. The topological polar surface area (TPSA) is 29.3 Å². The van der Waals surface area contributed by atoms with Crippen LogP contribution in [-0.4, -0.2) is 31.1 Å². The predicted molar refractivity (Wildman–Crippen MR) is 80.1 cm³/mol. The summed E-state index contributed by atoms with van der Waals surface area (Å²) in [6, 6.07) is 5.21. The molecule has 0 saturated carbocycles. The van der Waals surface area contributed by atoms with Crippen LogP contribution in [0.15, 0.2) is 12.1 Å². The van der Waals surface area contributed by atoms with Gasteiger partial charge in [-0.2, -0.15) is 0 Å². The third-order valence-corrected chi connectivity index (χ3v) is 4.02. The summed E-state index contributed by atoms with van der Waals surface area (Å²) in [5.74, 6) is 0. The lowest BCUT2D eigenvalue weighted by Gasteiger charge is -2.24. The van der Waals surface area contributed by atoms with Crippen molar-refractivity contribution in [2.75, 3.05) is 20.1 Å². The summed E-state index contributed by atoms with van der Waals surface area (Å²) in [6.07, 6.45) is 2.20. The van der Waals surface area contributed by atoms with Crippen molar-refractivity contribution in [2.24, 2.45) is 5.73 Å². The van der Waals surface area contributed by atoms with E-state index < -0.39 is 0 Å². The Bertz CT molecular complexity index is 385. The summed E-state index contributed by atoms with van der Waals surface area (Å²) in [6.45, 7) is 10.7.